The van der Waals surface area contributed by atoms with Gasteiger partial charge in [-0.2, -0.15) is 0 Å². The molecule has 1 N–H and O–H groups in total. The van der Waals surface area contributed by atoms with Crippen LogP contribution < -0.4 is 5.32 Å². The molecule has 0 spiro atoms. The van der Waals surface area contributed by atoms with Gasteiger partial charge in [0.25, 0.3) is 0 Å². The second-order valence-corrected chi connectivity index (χ2v) is 6.67. The van der Waals surface area contributed by atoms with E-state index >= 15 is 0 Å². The first-order valence-electron chi connectivity index (χ1n) is 7.41. The average Bonchev–Trinajstić information content (AvgIpc) is 2.43. The van der Waals surface area contributed by atoms with Crippen molar-refractivity contribution in [1.82, 2.24) is 5.32 Å². The molecule has 112 valence electrons. The van der Waals surface area contributed by atoms with Gasteiger partial charge in [-0.1, -0.05) is 63.2 Å². The SMILES string of the molecule is Cc1ccc(CNC(c2ccccc2)C(C)(C)C)cc1F. The van der Waals surface area contributed by atoms with E-state index in [9.17, 15) is 4.39 Å². The van der Waals surface area contributed by atoms with E-state index in [1.807, 2.05) is 18.2 Å². The van der Waals surface area contributed by atoms with Crippen LogP contribution in [0.15, 0.2) is 48.5 Å². The van der Waals surface area contributed by atoms with Crippen LogP contribution >= 0.6 is 0 Å². The summed E-state index contributed by atoms with van der Waals surface area (Å²) in [6.45, 7) is 9.09. The molecule has 0 bridgehead atoms. The molecule has 0 radical (unpaired) electrons. The van der Waals surface area contributed by atoms with Crippen LogP contribution in [0.1, 0.15) is 43.5 Å². The highest BCUT2D eigenvalue weighted by Gasteiger charge is 2.25. The summed E-state index contributed by atoms with van der Waals surface area (Å²) in [4.78, 5) is 0. The fraction of sp³-hybridized carbons (Fsp3) is 0.368. The summed E-state index contributed by atoms with van der Waals surface area (Å²) in [5, 5.41) is 3.57. The Bertz CT molecular complexity index is 584. The predicted octanol–water partition coefficient (Wildman–Crippen LogP) is 5.01. The topological polar surface area (TPSA) is 12.0 Å². The molecule has 0 aliphatic heterocycles. The van der Waals surface area contributed by atoms with Crippen molar-refractivity contribution in [2.75, 3.05) is 0 Å². The van der Waals surface area contributed by atoms with Crippen LogP contribution in [-0.2, 0) is 6.54 Å². The number of hydrogen-bond acceptors (Lipinski definition) is 1. The first-order valence-corrected chi connectivity index (χ1v) is 7.41. The summed E-state index contributed by atoms with van der Waals surface area (Å²) in [5.74, 6) is -0.138. The third kappa shape index (κ3) is 4.15. The smallest absolute Gasteiger partial charge is 0.126 e. The molecular formula is C19H24FN. The zero-order chi connectivity index (χ0) is 15.5. The maximum Gasteiger partial charge on any atom is 0.126 e. The van der Waals surface area contributed by atoms with Gasteiger partial charge in [0.1, 0.15) is 5.82 Å². The lowest BCUT2D eigenvalue weighted by Crippen LogP contribution is -2.32. The van der Waals surface area contributed by atoms with Crippen molar-refractivity contribution in [2.45, 2.75) is 40.3 Å². The van der Waals surface area contributed by atoms with Crippen LogP contribution in [0.2, 0.25) is 0 Å². The molecule has 2 aromatic rings. The van der Waals surface area contributed by atoms with E-state index in [-0.39, 0.29) is 17.3 Å². The third-order valence-electron chi connectivity index (χ3n) is 3.75. The first kappa shape index (κ1) is 15.7. The number of nitrogens with one attached hydrogen (secondary N) is 1. The van der Waals surface area contributed by atoms with E-state index in [0.717, 1.165) is 5.56 Å². The fourth-order valence-corrected chi connectivity index (χ4v) is 2.54. The van der Waals surface area contributed by atoms with Gasteiger partial charge >= 0.3 is 0 Å². The molecule has 0 aromatic heterocycles. The van der Waals surface area contributed by atoms with Crippen molar-refractivity contribution >= 4 is 0 Å². The van der Waals surface area contributed by atoms with Crippen LogP contribution in [0.4, 0.5) is 4.39 Å². The Hall–Kier alpha value is -1.67. The Balaban J connectivity index is 2.15. The molecule has 2 heteroatoms. The molecule has 0 aliphatic carbocycles. The normalized spacial score (nSPS) is 13.2. The van der Waals surface area contributed by atoms with Crippen molar-refractivity contribution in [3.8, 4) is 0 Å². The van der Waals surface area contributed by atoms with Gasteiger partial charge in [0.05, 0.1) is 0 Å². The summed E-state index contributed by atoms with van der Waals surface area (Å²) in [5.41, 5.74) is 3.01. The lowest BCUT2D eigenvalue weighted by atomic mass is 9.82. The molecular weight excluding hydrogens is 261 g/mol. The highest BCUT2D eigenvalue weighted by molar-refractivity contribution is 5.24. The molecule has 1 atom stereocenters. The number of benzene rings is 2. The minimum absolute atomic E-state index is 0.0879. The quantitative estimate of drug-likeness (QED) is 0.832. The molecule has 21 heavy (non-hydrogen) atoms. The molecule has 2 rings (SSSR count). The van der Waals surface area contributed by atoms with Gasteiger partial charge in [-0.05, 0) is 35.1 Å². The average molecular weight is 285 g/mol. The molecule has 2 aromatic carbocycles. The third-order valence-corrected chi connectivity index (χ3v) is 3.75. The van der Waals surface area contributed by atoms with E-state index in [0.29, 0.717) is 12.1 Å². The standard InChI is InChI=1S/C19H24FN/c1-14-10-11-15(12-17(14)20)13-21-18(19(2,3)4)16-8-6-5-7-9-16/h5-12,18,21H,13H2,1-4H3. The molecule has 0 fully saturated rings. The summed E-state index contributed by atoms with van der Waals surface area (Å²) in [6.07, 6.45) is 0. The summed E-state index contributed by atoms with van der Waals surface area (Å²) in [6, 6.07) is 16.1. The number of aryl methyl sites for hydroxylation is 1. The van der Waals surface area contributed by atoms with Gasteiger partial charge in [0, 0.05) is 12.6 Å². The maximum absolute atomic E-state index is 13.6. The lowest BCUT2D eigenvalue weighted by molar-refractivity contribution is 0.271. The van der Waals surface area contributed by atoms with Crippen LogP contribution in [0, 0.1) is 18.2 Å². The van der Waals surface area contributed by atoms with Gasteiger partial charge in [-0.3, -0.25) is 0 Å². The summed E-state index contributed by atoms with van der Waals surface area (Å²) in [7, 11) is 0. The Labute approximate surface area is 127 Å². The van der Waals surface area contributed by atoms with Crippen LogP contribution in [0.3, 0.4) is 0 Å². The molecule has 1 nitrogen and oxygen atoms in total. The Kier molecular flexibility index (Phi) is 4.79. The van der Waals surface area contributed by atoms with Crippen molar-refractivity contribution in [3.05, 3.63) is 71.0 Å². The van der Waals surface area contributed by atoms with E-state index < -0.39 is 0 Å². The van der Waals surface area contributed by atoms with E-state index in [1.54, 1.807) is 13.0 Å². The van der Waals surface area contributed by atoms with Crippen molar-refractivity contribution in [2.24, 2.45) is 5.41 Å². The summed E-state index contributed by atoms with van der Waals surface area (Å²) >= 11 is 0. The fourth-order valence-electron chi connectivity index (χ4n) is 2.54. The maximum atomic E-state index is 13.6. The molecule has 0 heterocycles. The van der Waals surface area contributed by atoms with Crippen molar-refractivity contribution in [1.29, 1.82) is 0 Å². The number of halogens is 1. The minimum Gasteiger partial charge on any atom is -0.305 e. The van der Waals surface area contributed by atoms with E-state index in [4.69, 9.17) is 0 Å². The van der Waals surface area contributed by atoms with Gasteiger partial charge in [-0.25, -0.2) is 4.39 Å². The zero-order valence-electron chi connectivity index (χ0n) is 13.3. The van der Waals surface area contributed by atoms with Crippen molar-refractivity contribution in [3.63, 3.8) is 0 Å². The monoisotopic (exact) mass is 285 g/mol. The van der Waals surface area contributed by atoms with E-state index in [1.165, 1.54) is 5.56 Å². The highest BCUT2D eigenvalue weighted by atomic mass is 19.1. The minimum atomic E-state index is -0.138. The number of rotatable bonds is 4. The number of hydrogen-bond donors (Lipinski definition) is 1. The largest absolute Gasteiger partial charge is 0.305 e. The molecule has 1 unspecified atom stereocenters. The van der Waals surface area contributed by atoms with Gasteiger partial charge in [0.15, 0.2) is 0 Å². The van der Waals surface area contributed by atoms with Gasteiger partial charge in [0.2, 0.25) is 0 Å². The predicted molar refractivity (Wildman–Crippen MR) is 86.6 cm³/mol. The molecule has 0 amide bonds. The lowest BCUT2D eigenvalue weighted by Gasteiger charge is -2.32. The first-order chi connectivity index (χ1) is 9.88. The van der Waals surface area contributed by atoms with Gasteiger partial charge in [-0.15, -0.1) is 0 Å². The second-order valence-electron chi connectivity index (χ2n) is 6.67. The second kappa shape index (κ2) is 6.40. The molecule has 0 saturated carbocycles. The highest BCUT2D eigenvalue weighted by Crippen LogP contribution is 2.32. The molecule has 0 aliphatic rings. The Morgan fingerprint density at radius 1 is 1.05 bits per heavy atom. The van der Waals surface area contributed by atoms with Crippen LogP contribution in [0.25, 0.3) is 0 Å². The molecule has 0 saturated heterocycles. The summed E-state index contributed by atoms with van der Waals surface area (Å²) < 4.78 is 13.6. The van der Waals surface area contributed by atoms with E-state index in [2.05, 4.69) is 50.4 Å². The zero-order valence-corrected chi connectivity index (χ0v) is 13.3. The van der Waals surface area contributed by atoms with Gasteiger partial charge < -0.3 is 5.32 Å². The van der Waals surface area contributed by atoms with Crippen LogP contribution in [0.5, 0.6) is 0 Å². The Morgan fingerprint density at radius 3 is 2.29 bits per heavy atom. The Morgan fingerprint density at radius 2 is 1.71 bits per heavy atom. The van der Waals surface area contributed by atoms with Crippen LogP contribution in [-0.4, -0.2) is 0 Å². The van der Waals surface area contributed by atoms with Crippen molar-refractivity contribution < 1.29 is 4.39 Å².